The Hall–Kier alpha value is -2.58. The lowest BCUT2D eigenvalue weighted by atomic mass is 9.98. The van der Waals surface area contributed by atoms with Crippen LogP contribution in [-0.4, -0.2) is 56.4 Å². The highest BCUT2D eigenvalue weighted by molar-refractivity contribution is 5.81. The molecule has 1 fully saturated rings. The van der Waals surface area contributed by atoms with Gasteiger partial charge in [0.2, 0.25) is 0 Å². The number of hydrogen-bond acceptors (Lipinski definition) is 6. The molecule has 1 N–H and O–H groups in total. The van der Waals surface area contributed by atoms with Gasteiger partial charge in [-0.05, 0) is 79.3 Å². The van der Waals surface area contributed by atoms with Gasteiger partial charge in [0.25, 0.3) is 5.56 Å². The molecule has 2 aromatic heterocycles. The van der Waals surface area contributed by atoms with Crippen LogP contribution in [0.5, 0.6) is 0 Å². The lowest BCUT2D eigenvalue weighted by molar-refractivity contribution is 0.0204. The average Bonchev–Trinajstić information content (AvgIpc) is 3.21. The SMILES string of the molecule is CCC(C)(C)n1nnnc1[C@H](c1cc2cc(C)c(C)cc2[nH]c1=O)N1CCOCC1. The highest BCUT2D eigenvalue weighted by Gasteiger charge is 2.34. The molecular formula is C22H30N6O2. The molecule has 0 bridgehead atoms. The average molecular weight is 411 g/mol. The van der Waals surface area contributed by atoms with Gasteiger partial charge < -0.3 is 9.72 Å². The number of rotatable bonds is 5. The molecule has 4 rings (SSSR count). The van der Waals surface area contributed by atoms with Crippen LogP contribution in [0.15, 0.2) is 23.0 Å². The summed E-state index contributed by atoms with van der Waals surface area (Å²) in [6.07, 6.45) is 0.868. The van der Waals surface area contributed by atoms with Crippen LogP contribution >= 0.6 is 0 Å². The molecule has 0 unspecified atom stereocenters. The minimum absolute atomic E-state index is 0.105. The van der Waals surface area contributed by atoms with E-state index in [9.17, 15) is 4.79 Å². The van der Waals surface area contributed by atoms with Gasteiger partial charge in [-0.3, -0.25) is 9.69 Å². The number of aryl methyl sites for hydroxylation is 2. The first kappa shape index (κ1) is 20.7. The van der Waals surface area contributed by atoms with Gasteiger partial charge in [0, 0.05) is 24.2 Å². The molecule has 1 aliphatic heterocycles. The van der Waals surface area contributed by atoms with Gasteiger partial charge in [-0.1, -0.05) is 6.92 Å². The van der Waals surface area contributed by atoms with Gasteiger partial charge in [0.05, 0.1) is 18.8 Å². The van der Waals surface area contributed by atoms with Gasteiger partial charge in [-0.15, -0.1) is 5.10 Å². The minimum atomic E-state index is -0.343. The molecular weight excluding hydrogens is 380 g/mol. The largest absolute Gasteiger partial charge is 0.379 e. The number of morpholine rings is 1. The first-order chi connectivity index (χ1) is 14.3. The van der Waals surface area contributed by atoms with Crippen molar-refractivity contribution in [3.8, 4) is 0 Å². The first-order valence-corrected chi connectivity index (χ1v) is 10.6. The molecule has 0 radical (unpaired) electrons. The summed E-state index contributed by atoms with van der Waals surface area (Å²) in [4.78, 5) is 18.6. The number of nitrogens with zero attached hydrogens (tertiary/aromatic N) is 5. The van der Waals surface area contributed by atoms with Crippen molar-refractivity contribution < 1.29 is 4.74 Å². The fraction of sp³-hybridized carbons (Fsp3) is 0.545. The number of aromatic nitrogens is 5. The van der Waals surface area contributed by atoms with E-state index in [-0.39, 0.29) is 17.1 Å². The number of hydrogen-bond donors (Lipinski definition) is 1. The molecule has 8 nitrogen and oxygen atoms in total. The van der Waals surface area contributed by atoms with E-state index >= 15 is 0 Å². The molecule has 8 heteroatoms. The molecule has 3 heterocycles. The van der Waals surface area contributed by atoms with Crippen LogP contribution in [0.1, 0.15) is 55.7 Å². The van der Waals surface area contributed by atoms with Gasteiger partial charge in [0.15, 0.2) is 5.82 Å². The summed E-state index contributed by atoms with van der Waals surface area (Å²) in [5.74, 6) is 0.692. The topological polar surface area (TPSA) is 88.9 Å². The fourth-order valence-electron chi connectivity index (χ4n) is 3.98. The van der Waals surface area contributed by atoms with Gasteiger partial charge in [-0.2, -0.15) is 0 Å². The zero-order valence-electron chi connectivity index (χ0n) is 18.4. The maximum absolute atomic E-state index is 13.2. The summed E-state index contributed by atoms with van der Waals surface area (Å²) in [6.45, 7) is 13.2. The Balaban J connectivity index is 1.92. The Morgan fingerprint density at radius 1 is 1.17 bits per heavy atom. The highest BCUT2D eigenvalue weighted by Crippen LogP contribution is 2.31. The van der Waals surface area contributed by atoms with Gasteiger partial charge >= 0.3 is 0 Å². The van der Waals surface area contributed by atoms with Crippen LogP contribution in [0.4, 0.5) is 0 Å². The molecule has 0 amide bonds. The predicted octanol–water partition coefficient (Wildman–Crippen LogP) is 2.70. The summed E-state index contributed by atoms with van der Waals surface area (Å²) < 4.78 is 7.44. The van der Waals surface area contributed by atoms with E-state index in [1.54, 1.807) is 0 Å². The van der Waals surface area contributed by atoms with Crippen LogP contribution < -0.4 is 5.56 Å². The quantitative estimate of drug-likeness (QED) is 0.696. The lowest BCUT2D eigenvalue weighted by Gasteiger charge is -2.35. The summed E-state index contributed by atoms with van der Waals surface area (Å²) in [5.41, 5.74) is 3.49. The van der Waals surface area contributed by atoms with Crippen LogP contribution in [0.3, 0.4) is 0 Å². The van der Waals surface area contributed by atoms with Crippen LogP contribution in [0.2, 0.25) is 0 Å². The Bertz CT molecular complexity index is 1110. The molecule has 160 valence electrons. The smallest absolute Gasteiger partial charge is 0.253 e. The molecule has 0 spiro atoms. The van der Waals surface area contributed by atoms with Crippen LogP contribution in [-0.2, 0) is 10.3 Å². The third-order valence-electron chi connectivity index (χ3n) is 6.37. The monoisotopic (exact) mass is 410 g/mol. The Morgan fingerprint density at radius 3 is 2.57 bits per heavy atom. The molecule has 1 aliphatic rings. The van der Waals surface area contributed by atoms with Crippen molar-refractivity contribution >= 4 is 10.9 Å². The van der Waals surface area contributed by atoms with E-state index in [0.717, 1.165) is 22.9 Å². The number of tetrazole rings is 1. The van der Waals surface area contributed by atoms with E-state index in [2.05, 4.69) is 66.1 Å². The number of fused-ring (bicyclic) bond motifs is 1. The zero-order chi connectivity index (χ0) is 21.5. The van der Waals surface area contributed by atoms with Crippen molar-refractivity contribution in [3.05, 3.63) is 51.1 Å². The molecule has 3 aromatic rings. The van der Waals surface area contributed by atoms with E-state index in [4.69, 9.17) is 4.74 Å². The third-order valence-corrected chi connectivity index (χ3v) is 6.37. The molecule has 30 heavy (non-hydrogen) atoms. The second kappa shape index (κ2) is 7.92. The van der Waals surface area contributed by atoms with E-state index < -0.39 is 0 Å². The number of aromatic amines is 1. The second-order valence-corrected chi connectivity index (χ2v) is 8.74. The highest BCUT2D eigenvalue weighted by atomic mass is 16.5. The summed E-state index contributed by atoms with van der Waals surface area (Å²) in [6, 6.07) is 5.81. The zero-order valence-corrected chi connectivity index (χ0v) is 18.4. The van der Waals surface area contributed by atoms with E-state index in [0.29, 0.717) is 37.7 Å². The van der Waals surface area contributed by atoms with Crippen LogP contribution in [0, 0.1) is 13.8 Å². The van der Waals surface area contributed by atoms with E-state index in [1.165, 1.54) is 5.56 Å². The maximum Gasteiger partial charge on any atom is 0.253 e. The molecule has 0 saturated carbocycles. The van der Waals surface area contributed by atoms with Crippen molar-refractivity contribution in [1.29, 1.82) is 0 Å². The summed E-state index contributed by atoms with van der Waals surface area (Å²) in [5, 5.41) is 13.7. The van der Waals surface area contributed by atoms with Crippen molar-refractivity contribution in [2.45, 2.75) is 52.6 Å². The van der Waals surface area contributed by atoms with Crippen LogP contribution in [0.25, 0.3) is 10.9 Å². The maximum atomic E-state index is 13.2. The van der Waals surface area contributed by atoms with Crippen molar-refractivity contribution in [3.63, 3.8) is 0 Å². The summed E-state index contributed by atoms with van der Waals surface area (Å²) >= 11 is 0. The van der Waals surface area contributed by atoms with Crippen molar-refractivity contribution in [2.24, 2.45) is 0 Å². The summed E-state index contributed by atoms with van der Waals surface area (Å²) in [7, 11) is 0. The Kier molecular flexibility index (Phi) is 5.46. The Labute approximate surface area is 176 Å². The van der Waals surface area contributed by atoms with Crippen molar-refractivity contribution in [2.75, 3.05) is 26.3 Å². The number of ether oxygens (including phenoxy) is 1. The number of H-pyrrole nitrogens is 1. The van der Waals surface area contributed by atoms with E-state index in [1.807, 2.05) is 16.8 Å². The predicted molar refractivity (Wildman–Crippen MR) is 116 cm³/mol. The number of pyridine rings is 1. The molecule has 1 saturated heterocycles. The Morgan fingerprint density at radius 2 is 1.87 bits per heavy atom. The molecule has 0 aliphatic carbocycles. The standard InChI is InChI=1S/C22H30N6O2/c1-6-22(4,5)28-20(24-25-26-28)19(27-7-9-30-10-8-27)17-13-16-11-14(2)15(3)12-18(16)23-21(17)29/h11-13,19H,6-10H2,1-5H3,(H,23,29)/t19-/m0/s1. The minimum Gasteiger partial charge on any atom is -0.379 e. The normalized spacial score (nSPS) is 16.8. The molecule has 1 atom stereocenters. The van der Waals surface area contributed by atoms with Gasteiger partial charge in [-0.25, -0.2) is 4.68 Å². The lowest BCUT2D eigenvalue weighted by Crippen LogP contribution is -2.43. The second-order valence-electron chi connectivity index (χ2n) is 8.74. The molecule has 1 aromatic carbocycles. The fourth-order valence-corrected chi connectivity index (χ4v) is 3.98. The number of benzene rings is 1. The third kappa shape index (κ3) is 3.65. The van der Waals surface area contributed by atoms with Gasteiger partial charge in [0.1, 0.15) is 6.04 Å². The first-order valence-electron chi connectivity index (χ1n) is 10.6. The number of nitrogens with one attached hydrogen (secondary N) is 1. The van der Waals surface area contributed by atoms with Crippen molar-refractivity contribution in [1.82, 2.24) is 30.1 Å².